The van der Waals surface area contributed by atoms with E-state index in [9.17, 15) is 9.59 Å². The largest absolute Gasteiger partial charge is 0.349 e. The summed E-state index contributed by atoms with van der Waals surface area (Å²) in [5.41, 5.74) is 0.0977. The topological polar surface area (TPSA) is 50.5 Å². The smallest absolute Gasteiger partial charge is 0.332 e. The maximum atomic E-state index is 12.0. The van der Waals surface area contributed by atoms with Gasteiger partial charge in [-0.25, -0.2) is 4.79 Å². The van der Waals surface area contributed by atoms with Crippen molar-refractivity contribution in [1.82, 2.24) is 9.13 Å². The molecule has 0 N–H and O–H groups in total. The van der Waals surface area contributed by atoms with Crippen LogP contribution in [0.15, 0.2) is 9.59 Å². The molecule has 96 valence electrons. The van der Waals surface area contributed by atoms with Crippen LogP contribution in [0.2, 0.25) is 0 Å². The van der Waals surface area contributed by atoms with Crippen LogP contribution in [0.3, 0.4) is 0 Å². The molecule has 1 aromatic heterocycles. The molecule has 0 aromatic carbocycles. The van der Waals surface area contributed by atoms with Crippen molar-refractivity contribution in [3.63, 3.8) is 0 Å². The van der Waals surface area contributed by atoms with E-state index in [4.69, 9.17) is 0 Å². The minimum absolute atomic E-state index is 0. The van der Waals surface area contributed by atoms with Gasteiger partial charge >= 0.3 is 5.69 Å². The molecule has 0 spiro atoms. The standard InChI is InChI=1S/C10H16N4O2.HI/c1-5-14-6-11(2)7-8(14)12(3)10(16)13(4)9(7)15;/h5-6H2,1-4H3;1H. The van der Waals surface area contributed by atoms with Gasteiger partial charge in [-0.15, -0.1) is 24.0 Å². The highest BCUT2D eigenvalue weighted by Gasteiger charge is 2.29. The molecule has 0 bridgehead atoms. The molecule has 2 rings (SSSR count). The third-order valence-corrected chi connectivity index (χ3v) is 3.06. The van der Waals surface area contributed by atoms with Crippen LogP contribution in [0.4, 0.5) is 11.5 Å². The summed E-state index contributed by atoms with van der Waals surface area (Å²) in [6, 6.07) is 0. The maximum absolute atomic E-state index is 12.0. The molecule has 1 aromatic rings. The van der Waals surface area contributed by atoms with Crippen LogP contribution in [0.25, 0.3) is 0 Å². The molecule has 1 aliphatic heterocycles. The highest BCUT2D eigenvalue weighted by atomic mass is 127. The first kappa shape index (κ1) is 14.1. The van der Waals surface area contributed by atoms with Crippen LogP contribution in [0.5, 0.6) is 0 Å². The molecule has 6 nitrogen and oxygen atoms in total. The van der Waals surface area contributed by atoms with Gasteiger partial charge in [0.25, 0.3) is 5.56 Å². The Balaban J connectivity index is 0.00000144. The Morgan fingerprint density at radius 2 is 1.71 bits per heavy atom. The van der Waals surface area contributed by atoms with Gasteiger partial charge < -0.3 is 9.80 Å². The summed E-state index contributed by atoms with van der Waals surface area (Å²) in [5.74, 6) is 0.720. The normalized spacial score (nSPS) is 13.6. The van der Waals surface area contributed by atoms with Crippen LogP contribution in [0.1, 0.15) is 6.92 Å². The summed E-state index contributed by atoms with van der Waals surface area (Å²) < 4.78 is 2.68. The van der Waals surface area contributed by atoms with E-state index in [2.05, 4.69) is 0 Å². The van der Waals surface area contributed by atoms with Crippen LogP contribution < -0.4 is 21.0 Å². The highest BCUT2D eigenvalue weighted by Crippen LogP contribution is 2.29. The Morgan fingerprint density at radius 3 is 2.24 bits per heavy atom. The molecule has 0 radical (unpaired) electrons. The summed E-state index contributed by atoms with van der Waals surface area (Å²) in [6.07, 6.45) is 0. The number of halogens is 1. The van der Waals surface area contributed by atoms with Gasteiger partial charge in [0.15, 0.2) is 0 Å². The number of hydrogen-bond acceptors (Lipinski definition) is 4. The van der Waals surface area contributed by atoms with Crippen molar-refractivity contribution in [3.8, 4) is 0 Å². The van der Waals surface area contributed by atoms with Crippen LogP contribution in [-0.4, -0.2) is 29.4 Å². The second kappa shape index (κ2) is 4.71. The van der Waals surface area contributed by atoms with Gasteiger partial charge in [-0.05, 0) is 6.92 Å². The zero-order chi connectivity index (χ0) is 12.0. The second-order valence-electron chi connectivity index (χ2n) is 4.07. The number of nitrogens with zero attached hydrogens (tertiary/aromatic N) is 4. The number of hydrogen-bond donors (Lipinski definition) is 0. The molecule has 0 atom stereocenters. The van der Waals surface area contributed by atoms with E-state index in [0.29, 0.717) is 12.4 Å². The molecule has 0 unspecified atom stereocenters. The van der Waals surface area contributed by atoms with Crippen molar-refractivity contribution in [2.75, 3.05) is 30.1 Å². The average Bonchev–Trinajstić information content (AvgIpc) is 2.60. The molecule has 7 heteroatoms. The zero-order valence-corrected chi connectivity index (χ0v) is 12.8. The van der Waals surface area contributed by atoms with Gasteiger partial charge in [0.05, 0.1) is 6.67 Å². The zero-order valence-electron chi connectivity index (χ0n) is 10.4. The fourth-order valence-electron chi connectivity index (χ4n) is 2.16. The predicted octanol–water partition coefficient (Wildman–Crippen LogP) is -0.0644. The molecule has 0 aliphatic carbocycles. The Hall–Kier alpha value is -0.990. The Kier molecular flexibility index (Phi) is 3.90. The number of aromatic nitrogens is 2. The van der Waals surface area contributed by atoms with Crippen molar-refractivity contribution in [2.45, 2.75) is 6.92 Å². The molecular formula is C10H17IN4O2. The predicted molar refractivity (Wildman–Crippen MR) is 78.6 cm³/mol. The van der Waals surface area contributed by atoms with Crippen molar-refractivity contribution in [2.24, 2.45) is 14.1 Å². The highest BCUT2D eigenvalue weighted by molar-refractivity contribution is 14.0. The van der Waals surface area contributed by atoms with Gasteiger partial charge in [0.2, 0.25) is 0 Å². The average molecular weight is 352 g/mol. The molecule has 0 fully saturated rings. The lowest BCUT2D eigenvalue weighted by atomic mass is 10.4. The first-order valence-electron chi connectivity index (χ1n) is 5.25. The van der Waals surface area contributed by atoms with E-state index < -0.39 is 0 Å². The monoisotopic (exact) mass is 352 g/mol. The second-order valence-corrected chi connectivity index (χ2v) is 4.07. The lowest BCUT2D eigenvalue weighted by Gasteiger charge is -2.17. The number of fused-ring (bicyclic) bond motifs is 1. The van der Waals surface area contributed by atoms with E-state index in [1.165, 1.54) is 11.6 Å². The summed E-state index contributed by atoms with van der Waals surface area (Å²) in [6.45, 7) is 3.43. The van der Waals surface area contributed by atoms with Gasteiger partial charge in [0.1, 0.15) is 11.5 Å². The Labute approximate surface area is 116 Å². The SMILES string of the molecule is CCN1CN(C)c2c1n(C)c(=O)n(C)c2=O.I. The Morgan fingerprint density at radius 1 is 1.12 bits per heavy atom. The Bertz CT molecular complexity index is 548. The van der Waals surface area contributed by atoms with Crippen molar-refractivity contribution >= 4 is 35.5 Å². The van der Waals surface area contributed by atoms with E-state index in [-0.39, 0.29) is 35.2 Å². The molecule has 0 saturated carbocycles. The molecule has 1 aliphatic rings. The summed E-state index contributed by atoms with van der Waals surface area (Å²) in [7, 11) is 5.07. The van der Waals surface area contributed by atoms with Crippen molar-refractivity contribution in [1.29, 1.82) is 0 Å². The van der Waals surface area contributed by atoms with Crippen LogP contribution in [-0.2, 0) is 14.1 Å². The first-order valence-corrected chi connectivity index (χ1v) is 5.25. The summed E-state index contributed by atoms with van der Waals surface area (Å²) in [4.78, 5) is 27.7. The lowest BCUT2D eigenvalue weighted by molar-refractivity contribution is 0.684. The minimum Gasteiger partial charge on any atom is -0.349 e. The maximum Gasteiger partial charge on any atom is 0.332 e. The summed E-state index contributed by atoms with van der Waals surface area (Å²) in [5, 5.41) is 0. The molecule has 17 heavy (non-hydrogen) atoms. The van der Waals surface area contributed by atoms with Crippen LogP contribution >= 0.6 is 24.0 Å². The van der Waals surface area contributed by atoms with E-state index in [1.54, 1.807) is 7.05 Å². The third-order valence-electron chi connectivity index (χ3n) is 3.06. The minimum atomic E-state index is -0.280. The third kappa shape index (κ3) is 1.85. The molecule has 2 heterocycles. The van der Waals surface area contributed by atoms with Gasteiger partial charge in [0, 0.05) is 27.7 Å². The van der Waals surface area contributed by atoms with Gasteiger partial charge in [-0.3, -0.25) is 13.9 Å². The fraction of sp³-hybridized carbons (Fsp3) is 0.600. The van der Waals surface area contributed by atoms with Crippen molar-refractivity contribution in [3.05, 3.63) is 20.8 Å². The lowest BCUT2D eigenvalue weighted by Crippen LogP contribution is -2.39. The van der Waals surface area contributed by atoms with Crippen molar-refractivity contribution < 1.29 is 0 Å². The molecule has 0 saturated heterocycles. The van der Waals surface area contributed by atoms with E-state index in [0.717, 1.165) is 16.9 Å². The molecule has 0 amide bonds. The van der Waals surface area contributed by atoms with Crippen LogP contribution in [0, 0.1) is 0 Å². The molecular weight excluding hydrogens is 335 g/mol. The number of anilines is 2. The number of rotatable bonds is 1. The van der Waals surface area contributed by atoms with E-state index in [1.807, 2.05) is 23.8 Å². The summed E-state index contributed by atoms with van der Waals surface area (Å²) >= 11 is 0. The quantitative estimate of drug-likeness (QED) is 0.665. The first-order chi connectivity index (χ1) is 7.49. The fourth-order valence-corrected chi connectivity index (χ4v) is 2.16. The van der Waals surface area contributed by atoms with Gasteiger partial charge in [-0.1, -0.05) is 0 Å². The van der Waals surface area contributed by atoms with E-state index >= 15 is 0 Å². The van der Waals surface area contributed by atoms with Gasteiger partial charge in [-0.2, -0.15) is 0 Å².